The van der Waals surface area contributed by atoms with Crippen LogP contribution in [0.1, 0.15) is 27.9 Å². The van der Waals surface area contributed by atoms with E-state index in [-0.39, 0.29) is 16.7 Å². The standard InChI is InChI=1S/C17H16N2O3/c1-22-17(21)15-10-14(11-18)16(20)19(12-15)9-5-8-13-6-3-2-4-7-13/h2-4,6-7,10,12H,5,8-9H2,1H3. The highest BCUT2D eigenvalue weighted by Crippen LogP contribution is 2.06. The third-order valence-corrected chi connectivity index (χ3v) is 3.33. The monoisotopic (exact) mass is 296 g/mol. The van der Waals surface area contributed by atoms with E-state index in [2.05, 4.69) is 4.74 Å². The van der Waals surface area contributed by atoms with Crippen LogP contribution in [-0.2, 0) is 17.7 Å². The molecule has 0 saturated heterocycles. The molecule has 0 spiro atoms. The van der Waals surface area contributed by atoms with Crippen LogP contribution in [0.5, 0.6) is 0 Å². The van der Waals surface area contributed by atoms with E-state index in [1.807, 2.05) is 36.4 Å². The van der Waals surface area contributed by atoms with E-state index in [9.17, 15) is 9.59 Å². The summed E-state index contributed by atoms with van der Waals surface area (Å²) in [6.45, 7) is 0.438. The number of pyridine rings is 1. The summed E-state index contributed by atoms with van der Waals surface area (Å²) in [7, 11) is 1.26. The normalized spacial score (nSPS) is 10.0. The van der Waals surface area contributed by atoms with Crippen LogP contribution in [0, 0.1) is 11.3 Å². The predicted octanol–water partition coefficient (Wildman–Crippen LogP) is 2.14. The summed E-state index contributed by atoms with van der Waals surface area (Å²) in [5.74, 6) is -0.562. The molecule has 5 nitrogen and oxygen atoms in total. The number of aromatic nitrogens is 1. The lowest BCUT2D eigenvalue weighted by molar-refractivity contribution is 0.0599. The fourth-order valence-electron chi connectivity index (χ4n) is 2.21. The molecule has 112 valence electrons. The lowest BCUT2D eigenvalue weighted by Crippen LogP contribution is -2.24. The second-order valence-corrected chi connectivity index (χ2v) is 4.83. The van der Waals surface area contributed by atoms with Crippen molar-refractivity contribution in [3.63, 3.8) is 0 Å². The van der Waals surface area contributed by atoms with E-state index < -0.39 is 5.97 Å². The first-order chi connectivity index (χ1) is 10.7. The number of hydrogen-bond acceptors (Lipinski definition) is 4. The minimum Gasteiger partial charge on any atom is -0.465 e. The third kappa shape index (κ3) is 3.61. The number of carbonyl (C=O) groups excluding carboxylic acids is 1. The molecule has 0 aliphatic rings. The Hall–Kier alpha value is -2.87. The molecule has 1 aromatic carbocycles. The van der Waals surface area contributed by atoms with Gasteiger partial charge in [0.2, 0.25) is 0 Å². The molecule has 0 atom stereocenters. The number of hydrogen-bond donors (Lipinski definition) is 0. The van der Waals surface area contributed by atoms with Crippen LogP contribution in [-0.4, -0.2) is 17.6 Å². The number of nitrogens with zero attached hydrogens (tertiary/aromatic N) is 2. The van der Waals surface area contributed by atoms with Gasteiger partial charge in [0, 0.05) is 12.7 Å². The lowest BCUT2D eigenvalue weighted by Gasteiger charge is -2.08. The van der Waals surface area contributed by atoms with E-state index >= 15 is 0 Å². The van der Waals surface area contributed by atoms with Crippen LogP contribution in [0.15, 0.2) is 47.4 Å². The Morgan fingerprint density at radius 3 is 2.68 bits per heavy atom. The molecule has 1 heterocycles. The first-order valence-electron chi connectivity index (χ1n) is 6.92. The average Bonchev–Trinajstić information content (AvgIpc) is 2.56. The van der Waals surface area contributed by atoms with Crippen molar-refractivity contribution in [2.75, 3.05) is 7.11 Å². The molecular formula is C17H16N2O3. The second-order valence-electron chi connectivity index (χ2n) is 4.83. The van der Waals surface area contributed by atoms with Crippen molar-refractivity contribution >= 4 is 5.97 Å². The van der Waals surface area contributed by atoms with Gasteiger partial charge in [0.15, 0.2) is 0 Å². The number of esters is 1. The first-order valence-corrected chi connectivity index (χ1v) is 6.92. The molecule has 0 aliphatic heterocycles. The van der Waals surface area contributed by atoms with Crippen LogP contribution < -0.4 is 5.56 Å². The number of ether oxygens (including phenoxy) is 1. The van der Waals surface area contributed by atoms with E-state index in [0.29, 0.717) is 6.54 Å². The van der Waals surface area contributed by atoms with E-state index in [0.717, 1.165) is 12.8 Å². The van der Waals surface area contributed by atoms with Crippen molar-refractivity contribution < 1.29 is 9.53 Å². The van der Waals surface area contributed by atoms with Gasteiger partial charge in [-0.15, -0.1) is 0 Å². The molecule has 0 bridgehead atoms. The Balaban J connectivity index is 2.17. The largest absolute Gasteiger partial charge is 0.465 e. The zero-order chi connectivity index (χ0) is 15.9. The van der Waals surface area contributed by atoms with Crippen LogP contribution in [0.25, 0.3) is 0 Å². The predicted molar refractivity (Wildman–Crippen MR) is 81.5 cm³/mol. The van der Waals surface area contributed by atoms with Gasteiger partial charge in [0.05, 0.1) is 12.7 Å². The highest BCUT2D eigenvalue weighted by molar-refractivity contribution is 5.89. The van der Waals surface area contributed by atoms with Crippen LogP contribution in [0.2, 0.25) is 0 Å². The smallest absolute Gasteiger partial charge is 0.339 e. The van der Waals surface area contributed by atoms with Crippen molar-refractivity contribution in [2.45, 2.75) is 19.4 Å². The number of methoxy groups -OCH3 is 1. The summed E-state index contributed by atoms with van der Waals surface area (Å²) in [4.78, 5) is 23.7. The molecular weight excluding hydrogens is 280 g/mol. The minimum atomic E-state index is -0.562. The summed E-state index contributed by atoms with van der Waals surface area (Å²) < 4.78 is 6.04. The number of aryl methyl sites for hydroxylation is 2. The Labute approximate surface area is 128 Å². The van der Waals surface area contributed by atoms with Crippen LogP contribution in [0.3, 0.4) is 0 Å². The van der Waals surface area contributed by atoms with Gasteiger partial charge >= 0.3 is 5.97 Å². The number of carbonyl (C=O) groups is 1. The maximum atomic E-state index is 12.1. The number of benzene rings is 1. The highest BCUT2D eigenvalue weighted by atomic mass is 16.5. The van der Waals surface area contributed by atoms with Gasteiger partial charge in [0.25, 0.3) is 5.56 Å². The lowest BCUT2D eigenvalue weighted by atomic mass is 10.1. The zero-order valence-electron chi connectivity index (χ0n) is 12.3. The average molecular weight is 296 g/mol. The van der Waals surface area contributed by atoms with Gasteiger partial charge in [-0.05, 0) is 24.5 Å². The molecule has 0 radical (unpaired) electrons. The van der Waals surface area contributed by atoms with Crippen molar-refractivity contribution in [1.29, 1.82) is 5.26 Å². The van der Waals surface area contributed by atoms with Gasteiger partial charge in [-0.2, -0.15) is 5.26 Å². The summed E-state index contributed by atoms with van der Waals surface area (Å²) in [5.41, 5.74) is 0.948. The Morgan fingerprint density at radius 2 is 2.05 bits per heavy atom. The highest BCUT2D eigenvalue weighted by Gasteiger charge is 2.12. The SMILES string of the molecule is COC(=O)c1cc(C#N)c(=O)n(CCCc2ccccc2)c1. The summed E-state index contributed by atoms with van der Waals surface area (Å²) in [6.07, 6.45) is 3.00. The van der Waals surface area contributed by atoms with E-state index in [1.54, 1.807) is 0 Å². The van der Waals surface area contributed by atoms with E-state index in [4.69, 9.17) is 5.26 Å². The van der Waals surface area contributed by atoms with Crippen molar-refractivity contribution in [2.24, 2.45) is 0 Å². The fourth-order valence-corrected chi connectivity index (χ4v) is 2.21. The molecule has 0 unspecified atom stereocenters. The van der Waals surface area contributed by atoms with Gasteiger partial charge in [-0.3, -0.25) is 4.79 Å². The third-order valence-electron chi connectivity index (χ3n) is 3.33. The molecule has 0 fully saturated rings. The number of rotatable bonds is 5. The van der Waals surface area contributed by atoms with Gasteiger partial charge in [-0.1, -0.05) is 30.3 Å². The Morgan fingerprint density at radius 1 is 1.32 bits per heavy atom. The minimum absolute atomic E-state index is 0.0531. The quantitative estimate of drug-likeness (QED) is 0.792. The molecule has 2 aromatic rings. The van der Waals surface area contributed by atoms with Gasteiger partial charge < -0.3 is 9.30 Å². The first kappa shape index (κ1) is 15.5. The summed E-state index contributed by atoms with van der Waals surface area (Å²) in [6, 6.07) is 13.0. The Bertz CT molecular complexity index is 758. The molecule has 0 aliphatic carbocycles. The van der Waals surface area contributed by atoms with Crippen molar-refractivity contribution in [3.05, 3.63) is 69.6 Å². The number of nitriles is 1. The molecule has 0 saturated carbocycles. The van der Waals surface area contributed by atoms with Crippen LogP contribution >= 0.6 is 0 Å². The fraction of sp³-hybridized carbons (Fsp3) is 0.235. The second kappa shape index (κ2) is 7.23. The van der Waals surface area contributed by atoms with Gasteiger partial charge in [-0.25, -0.2) is 4.79 Å². The summed E-state index contributed by atoms with van der Waals surface area (Å²) in [5, 5.41) is 9.01. The molecule has 0 N–H and O–H groups in total. The van der Waals surface area contributed by atoms with Crippen LogP contribution in [0.4, 0.5) is 0 Å². The molecule has 1 aromatic heterocycles. The summed E-state index contributed by atoms with van der Waals surface area (Å²) >= 11 is 0. The zero-order valence-corrected chi connectivity index (χ0v) is 12.3. The molecule has 22 heavy (non-hydrogen) atoms. The van der Waals surface area contributed by atoms with Crippen molar-refractivity contribution in [3.8, 4) is 6.07 Å². The molecule has 0 amide bonds. The maximum Gasteiger partial charge on any atom is 0.339 e. The maximum absolute atomic E-state index is 12.1. The molecule has 2 rings (SSSR count). The van der Waals surface area contributed by atoms with Crippen molar-refractivity contribution in [1.82, 2.24) is 4.57 Å². The Kier molecular flexibility index (Phi) is 5.10. The van der Waals surface area contributed by atoms with Gasteiger partial charge in [0.1, 0.15) is 11.6 Å². The van der Waals surface area contributed by atoms with E-state index in [1.165, 1.54) is 29.5 Å². The topological polar surface area (TPSA) is 72.1 Å². The molecule has 5 heteroatoms.